The Labute approximate surface area is 153 Å². The number of rotatable bonds is 8. The second-order valence-electron chi connectivity index (χ2n) is 5.90. The standard InChI is InChI=1S/C19H18F3NO4/c20-19(21,22)27-16-8-6-14(7-9-16)11-17(24)23-12-15(18(25)26)10-13-4-2-1-3-5-13/h1-9,15H,10-12H2,(H,23,24)(H,25,26). The van der Waals surface area contributed by atoms with Gasteiger partial charge in [0.15, 0.2) is 0 Å². The van der Waals surface area contributed by atoms with E-state index in [1.807, 2.05) is 18.2 Å². The molecule has 1 amide bonds. The molecule has 0 radical (unpaired) electrons. The number of carboxylic acid groups (broad SMARTS) is 1. The van der Waals surface area contributed by atoms with Gasteiger partial charge in [0.05, 0.1) is 12.3 Å². The van der Waals surface area contributed by atoms with Crippen molar-refractivity contribution in [1.29, 1.82) is 0 Å². The molecule has 0 aliphatic rings. The van der Waals surface area contributed by atoms with Gasteiger partial charge in [-0.3, -0.25) is 9.59 Å². The first-order valence-corrected chi connectivity index (χ1v) is 8.11. The Morgan fingerprint density at radius 2 is 1.63 bits per heavy atom. The highest BCUT2D eigenvalue weighted by atomic mass is 19.4. The summed E-state index contributed by atoms with van der Waals surface area (Å²) in [5, 5.41) is 11.9. The van der Waals surface area contributed by atoms with Gasteiger partial charge in [0, 0.05) is 6.54 Å². The SMILES string of the molecule is O=C(Cc1ccc(OC(F)(F)F)cc1)NCC(Cc1ccccc1)C(=O)O. The summed E-state index contributed by atoms with van der Waals surface area (Å²) in [6.07, 6.45) is -4.58. The zero-order valence-corrected chi connectivity index (χ0v) is 14.2. The fraction of sp³-hybridized carbons (Fsp3) is 0.263. The molecule has 144 valence electrons. The minimum atomic E-state index is -4.77. The van der Waals surface area contributed by atoms with Crippen LogP contribution in [0.5, 0.6) is 5.75 Å². The summed E-state index contributed by atoms with van der Waals surface area (Å²) in [5.41, 5.74) is 1.33. The fourth-order valence-corrected chi connectivity index (χ4v) is 2.44. The number of carboxylic acids is 1. The van der Waals surface area contributed by atoms with E-state index in [2.05, 4.69) is 10.1 Å². The van der Waals surface area contributed by atoms with Crippen LogP contribution in [0.25, 0.3) is 0 Å². The number of hydrogen-bond donors (Lipinski definition) is 2. The van der Waals surface area contributed by atoms with Crippen molar-refractivity contribution in [3.05, 3.63) is 65.7 Å². The molecule has 5 nitrogen and oxygen atoms in total. The van der Waals surface area contributed by atoms with E-state index in [1.165, 1.54) is 12.1 Å². The van der Waals surface area contributed by atoms with Crippen molar-refractivity contribution in [2.75, 3.05) is 6.54 Å². The van der Waals surface area contributed by atoms with E-state index in [-0.39, 0.29) is 25.1 Å². The number of carbonyl (C=O) groups excluding carboxylic acids is 1. The van der Waals surface area contributed by atoms with Crippen LogP contribution in [0.15, 0.2) is 54.6 Å². The first kappa shape index (κ1) is 20.3. The van der Waals surface area contributed by atoms with Crippen LogP contribution in [0.2, 0.25) is 0 Å². The molecule has 8 heteroatoms. The molecule has 0 bridgehead atoms. The van der Waals surface area contributed by atoms with Gasteiger partial charge in [-0.2, -0.15) is 0 Å². The topological polar surface area (TPSA) is 75.6 Å². The van der Waals surface area contributed by atoms with Gasteiger partial charge >= 0.3 is 12.3 Å². The fourth-order valence-electron chi connectivity index (χ4n) is 2.44. The summed E-state index contributed by atoms with van der Waals surface area (Å²) in [6, 6.07) is 14.0. The van der Waals surface area contributed by atoms with Crippen molar-refractivity contribution < 1.29 is 32.6 Å². The molecule has 0 aromatic heterocycles. The molecular weight excluding hydrogens is 363 g/mol. The van der Waals surface area contributed by atoms with Crippen LogP contribution in [0, 0.1) is 5.92 Å². The number of alkyl halides is 3. The van der Waals surface area contributed by atoms with Crippen molar-refractivity contribution >= 4 is 11.9 Å². The van der Waals surface area contributed by atoms with Crippen LogP contribution >= 0.6 is 0 Å². The van der Waals surface area contributed by atoms with E-state index in [0.717, 1.165) is 17.7 Å². The number of nitrogens with one attached hydrogen (secondary N) is 1. The van der Waals surface area contributed by atoms with Gasteiger partial charge in [0.2, 0.25) is 5.91 Å². The van der Waals surface area contributed by atoms with Crippen LogP contribution in [0.4, 0.5) is 13.2 Å². The highest BCUT2D eigenvalue weighted by Crippen LogP contribution is 2.22. The van der Waals surface area contributed by atoms with E-state index in [1.54, 1.807) is 12.1 Å². The molecule has 0 heterocycles. The van der Waals surface area contributed by atoms with Crippen molar-refractivity contribution in [3.63, 3.8) is 0 Å². The van der Waals surface area contributed by atoms with Gasteiger partial charge in [-0.15, -0.1) is 13.2 Å². The molecule has 0 saturated carbocycles. The maximum atomic E-state index is 12.1. The Bertz CT molecular complexity index is 761. The van der Waals surface area contributed by atoms with Crippen LogP contribution < -0.4 is 10.1 Å². The molecule has 2 N–H and O–H groups in total. The molecule has 0 saturated heterocycles. The van der Waals surface area contributed by atoms with Gasteiger partial charge in [0.25, 0.3) is 0 Å². The number of carbonyl (C=O) groups is 2. The number of ether oxygens (including phenoxy) is 1. The van der Waals surface area contributed by atoms with Gasteiger partial charge in [0.1, 0.15) is 5.75 Å². The summed E-state index contributed by atoms with van der Waals surface area (Å²) in [6.45, 7) is -0.0433. The summed E-state index contributed by atoms with van der Waals surface area (Å²) in [7, 11) is 0. The van der Waals surface area contributed by atoms with E-state index >= 15 is 0 Å². The molecule has 2 rings (SSSR count). The molecular formula is C19H18F3NO4. The van der Waals surface area contributed by atoms with E-state index in [9.17, 15) is 27.9 Å². The van der Waals surface area contributed by atoms with Crippen LogP contribution in [-0.2, 0) is 22.4 Å². The van der Waals surface area contributed by atoms with Crippen LogP contribution in [-0.4, -0.2) is 29.9 Å². The van der Waals surface area contributed by atoms with Gasteiger partial charge < -0.3 is 15.2 Å². The molecule has 0 aliphatic carbocycles. The monoisotopic (exact) mass is 381 g/mol. The third-order valence-corrected chi connectivity index (χ3v) is 3.74. The van der Waals surface area contributed by atoms with Gasteiger partial charge in [-0.1, -0.05) is 42.5 Å². The van der Waals surface area contributed by atoms with Crippen molar-refractivity contribution in [3.8, 4) is 5.75 Å². The number of hydrogen-bond acceptors (Lipinski definition) is 3. The number of aliphatic carboxylic acids is 1. The van der Waals surface area contributed by atoms with Crippen LogP contribution in [0.3, 0.4) is 0 Å². The lowest BCUT2D eigenvalue weighted by Crippen LogP contribution is -2.34. The first-order valence-electron chi connectivity index (χ1n) is 8.11. The van der Waals surface area contributed by atoms with E-state index in [4.69, 9.17) is 0 Å². The first-order chi connectivity index (χ1) is 12.7. The Hall–Kier alpha value is -3.03. The third-order valence-electron chi connectivity index (χ3n) is 3.74. The van der Waals surface area contributed by atoms with Crippen molar-refractivity contribution in [2.24, 2.45) is 5.92 Å². The Morgan fingerprint density at radius 1 is 1.00 bits per heavy atom. The normalized spacial score (nSPS) is 12.3. The quantitative estimate of drug-likeness (QED) is 0.736. The Morgan fingerprint density at radius 3 is 2.19 bits per heavy atom. The maximum absolute atomic E-state index is 12.1. The second kappa shape index (κ2) is 9.07. The summed E-state index contributed by atoms with van der Waals surface area (Å²) >= 11 is 0. The van der Waals surface area contributed by atoms with E-state index < -0.39 is 24.2 Å². The van der Waals surface area contributed by atoms with Crippen molar-refractivity contribution in [1.82, 2.24) is 5.32 Å². The maximum Gasteiger partial charge on any atom is 0.573 e. The minimum Gasteiger partial charge on any atom is -0.481 e. The summed E-state index contributed by atoms with van der Waals surface area (Å²) < 4.78 is 40.1. The molecule has 0 aliphatic heterocycles. The average molecular weight is 381 g/mol. The highest BCUT2D eigenvalue weighted by molar-refractivity contribution is 5.79. The molecule has 0 spiro atoms. The molecule has 1 atom stereocenters. The number of amides is 1. The molecule has 2 aromatic carbocycles. The number of halogens is 3. The third kappa shape index (κ3) is 7.39. The predicted molar refractivity (Wildman–Crippen MR) is 91.1 cm³/mol. The van der Waals surface area contributed by atoms with Crippen LogP contribution in [0.1, 0.15) is 11.1 Å². The molecule has 2 aromatic rings. The minimum absolute atomic E-state index is 0.0433. The molecule has 1 unspecified atom stereocenters. The van der Waals surface area contributed by atoms with E-state index in [0.29, 0.717) is 5.56 Å². The smallest absolute Gasteiger partial charge is 0.481 e. The lowest BCUT2D eigenvalue weighted by molar-refractivity contribution is -0.274. The second-order valence-corrected chi connectivity index (χ2v) is 5.90. The summed E-state index contributed by atoms with van der Waals surface area (Å²) in [4.78, 5) is 23.4. The zero-order valence-electron chi connectivity index (χ0n) is 14.2. The summed E-state index contributed by atoms with van der Waals surface area (Å²) in [5.74, 6) is -2.59. The molecule has 27 heavy (non-hydrogen) atoms. The van der Waals surface area contributed by atoms with Crippen molar-refractivity contribution in [2.45, 2.75) is 19.2 Å². The lowest BCUT2D eigenvalue weighted by atomic mass is 9.99. The van der Waals surface area contributed by atoms with Gasteiger partial charge in [-0.25, -0.2) is 0 Å². The predicted octanol–water partition coefficient (Wildman–Crippen LogP) is 3.19. The Balaban J connectivity index is 1.86. The average Bonchev–Trinajstić information content (AvgIpc) is 2.59. The zero-order chi connectivity index (χ0) is 19.9. The largest absolute Gasteiger partial charge is 0.573 e. The lowest BCUT2D eigenvalue weighted by Gasteiger charge is -2.14. The number of benzene rings is 2. The Kier molecular flexibility index (Phi) is 6.81. The highest BCUT2D eigenvalue weighted by Gasteiger charge is 2.31. The van der Waals surface area contributed by atoms with Gasteiger partial charge in [-0.05, 0) is 29.7 Å². The molecule has 0 fully saturated rings.